The van der Waals surface area contributed by atoms with Crippen LogP contribution >= 0.6 is 11.6 Å². The fraction of sp³-hybridized carbons (Fsp3) is 0.250. The summed E-state index contributed by atoms with van der Waals surface area (Å²) in [4.78, 5) is 52.9. The maximum atomic E-state index is 13.4. The van der Waals surface area contributed by atoms with E-state index in [9.17, 15) is 19.2 Å². The largest absolute Gasteiger partial charge is 0.292 e. The second-order valence-electron chi connectivity index (χ2n) is 8.15. The van der Waals surface area contributed by atoms with Gasteiger partial charge in [-0.25, -0.2) is 5.01 Å². The number of amides is 3. The monoisotopic (exact) mass is 434 g/mol. The quantitative estimate of drug-likeness (QED) is 0.410. The molecule has 2 aromatic rings. The summed E-state index contributed by atoms with van der Waals surface area (Å²) in [7, 11) is 0. The van der Waals surface area contributed by atoms with Gasteiger partial charge in [-0.05, 0) is 42.5 Å². The first kappa shape index (κ1) is 19.7. The number of rotatable bonds is 5. The molecule has 2 aromatic carbocycles. The van der Waals surface area contributed by atoms with Gasteiger partial charge in [-0.3, -0.25) is 19.2 Å². The zero-order chi connectivity index (χ0) is 21.7. The number of ketones is 1. The molecule has 2 fully saturated rings. The summed E-state index contributed by atoms with van der Waals surface area (Å²) in [6.07, 6.45) is 4.76. The number of hydrogen-bond donors (Lipinski definition) is 0. The van der Waals surface area contributed by atoms with E-state index in [1.54, 1.807) is 42.5 Å². The lowest BCUT2D eigenvalue weighted by molar-refractivity contribution is -0.154. The van der Waals surface area contributed by atoms with Crippen molar-refractivity contribution in [3.8, 4) is 0 Å². The molecule has 3 aliphatic rings. The van der Waals surface area contributed by atoms with E-state index in [-0.39, 0.29) is 23.2 Å². The third-order valence-electron chi connectivity index (χ3n) is 6.40. The Morgan fingerprint density at radius 2 is 1.45 bits per heavy atom. The maximum absolute atomic E-state index is 13.4. The van der Waals surface area contributed by atoms with Gasteiger partial charge < -0.3 is 0 Å². The van der Waals surface area contributed by atoms with Crippen molar-refractivity contribution in [3.05, 3.63) is 82.9 Å². The van der Waals surface area contributed by atoms with E-state index in [4.69, 9.17) is 11.6 Å². The van der Waals surface area contributed by atoms with Crippen molar-refractivity contribution in [3.63, 3.8) is 0 Å². The molecule has 0 N–H and O–H groups in total. The molecule has 0 aromatic heterocycles. The smallest absolute Gasteiger partial charge is 0.273 e. The van der Waals surface area contributed by atoms with Crippen LogP contribution in [-0.2, 0) is 9.59 Å². The molecule has 4 atom stereocenters. The third-order valence-corrected chi connectivity index (χ3v) is 6.66. The van der Waals surface area contributed by atoms with E-state index < -0.39 is 36.1 Å². The van der Waals surface area contributed by atoms with Crippen LogP contribution in [0.3, 0.4) is 0 Å². The Labute approximate surface area is 184 Å². The minimum absolute atomic E-state index is 0.00811. The van der Waals surface area contributed by atoms with E-state index in [2.05, 4.69) is 0 Å². The molecule has 5 rings (SSSR count). The van der Waals surface area contributed by atoms with Crippen LogP contribution in [-0.4, -0.2) is 40.1 Å². The van der Waals surface area contributed by atoms with Crippen LogP contribution in [0.5, 0.6) is 0 Å². The normalized spacial score (nSPS) is 25.8. The first-order chi connectivity index (χ1) is 15.0. The Morgan fingerprint density at radius 3 is 2.03 bits per heavy atom. The van der Waals surface area contributed by atoms with Crippen LogP contribution < -0.4 is 0 Å². The van der Waals surface area contributed by atoms with Crippen LogP contribution in [0, 0.1) is 23.7 Å². The zero-order valence-electron chi connectivity index (χ0n) is 16.5. The van der Waals surface area contributed by atoms with Crippen molar-refractivity contribution in [1.82, 2.24) is 10.0 Å². The van der Waals surface area contributed by atoms with Crippen LogP contribution in [0.2, 0.25) is 5.02 Å². The summed E-state index contributed by atoms with van der Waals surface area (Å²) in [6, 6.07) is 14.6. The van der Waals surface area contributed by atoms with E-state index >= 15 is 0 Å². The number of hydrazine groups is 1. The molecule has 31 heavy (non-hydrogen) atoms. The lowest BCUT2D eigenvalue weighted by Crippen LogP contribution is -2.52. The highest BCUT2D eigenvalue weighted by molar-refractivity contribution is 6.30. The number of benzene rings is 2. The molecular weight excluding hydrogens is 416 g/mol. The van der Waals surface area contributed by atoms with Crippen molar-refractivity contribution in [2.24, 2.45) is 23.7 Å². The molecule has 7 heteroatoms. The van der Waals surface area contributed by atoms with E-state index in [0.717, 1.165) is 16.4 Å². The minimum atomic E-state index is -0.595. The number of Topliss-reactive ketones (excluding diaryl/α,β-unsaturated/α-hetero) is 1. The van der Waals surface area contributed by atoms with Crippen molar-refractivity contribution < 1.29 is 19.2 Å². The Bertz CT molecular complexity index is 1080. The van der Waals surface area contributed by atoms with Crippen LogP contribution in [0.4, 0.5) is 0 Å². The number of fused-ring (bicyclic) bond motifs is 5. The van der Waals surface area contributed by atoms with Gasteiger partial charge in [-0.2, -0.15) is 5.01 Å². The highest BCUT2D eigenvalue weighted by atomic mass is 35.5. The average molecular weight is 435 g/mol. The van der Waals surface area contributed by atoms with E-state index in [1.165, 1.54) is 12.1 Å². The topological polar surface area (TPSA) is 74.8 Å². The number of carbonyl (C=O) groups is 4. The molecule has 0 radical (unpaired) electrons. The molecule has 1 aliphatic heterocycles. The van der Waals surface area contributed by atoms with Gasteiger partial charge in [0.1, 0.15) is 6.54 Å². The Balaban J connectivity index is 1.50. The summed E-state index contributed by atoms with van der Waals surface area (Å²) in [5, 5.41) is 2.37. The molecule has 2 aliphatic carbocycles. The second-order valence-corrected chi connectivity index (χ2v) is 8.58. The minimum Gasteiger partial charge on any atom is -0.292 e. The predicted molar refractivity (Wildman–Crippen MR) is 113 cm³/mol. The van der Waals surface area contributed by atoms with Crippen molar-refractivity contribution in [2.45, 2.75) is 6.42 Å². The van der Waals surface area contributed by atoms with Gasteiger partial charge in [-0.15, -0.1) is 0 Å². The molecule has 3 amide bonds. The number of halogens is 1. The first-order valence-electron chi connectivity index (χ1n) is 10.2. The van der Waals surface area contributed by atoms with Crippen LogP contribution in [0.15, 0.2) is 66.7 Å². The fourth-order valence-electron chi connectivity index (χ4n) is 4.95. The van der Waals surface area contributed by atoms with Gasteiger partial charge in [-0.1, -0.05) is 54.1 Å². The second kappa shape index (κ2) is 7.46. The number of allylic oxidation sites excluding steroid dienone is 2. The van der Waals surface area contributed by atoms with Gasteiger partial charge in [0.15, 0.2) is 5.78 Å². The Kier molecular flexibility index (Phi) is 4.74. The molecule has 1 saturated heterocycles. The predicted octanol–water partition coefficient (Wildman–Crippen LogP) is 3.39. The SMILES string of the molecule is O=C(CN(C(=O)c1ccc(Cl)cc1)N1C(=O)[C@@H]2[C@H](C1=O)[C@H]1C=C[C@H]2C1)c1ccccc1. The summed E-state index contributed by atoms with van der Waals surface area (Å²) >= 11 is 5.93. The maximum Gasteiger partial charge on any atom is 0.273 e. The molecule has 2 bridgehead atoms. The molecule has 156 valence electrons. The molecule has 1 saturated carbocycles. The molecule has 6 nitrogen and oxygen atoms in total. The summed E-state index contributed by atoms with van der Waals surface area (Å²) < 4.78 is 0. The summed E-state index contributed by atoms with van der Waals surface area (Å²) in [6.45, 7) is -0.412. The molecule has 1 heterocycles. The number of hydrogen-bond acceptors (Lipinski definition) is 4. The third kappa shape index (κ3) is 3.18. The average Bonchev–Trinajstić information content (AvgIpc) is 3.47. The van der Waals surface area contributed by atoms with Gasteiger partial charge in [0.2, 0.25) is 0 Å². The number of imide groups is 1. The van der Waals surface area contributed by atoms with Crippen molar-refractivity contribution in [2.75, 3.05) is 6.54 Å². The molecular formula is C24H19ClN2O4. The van der Waals surface area contributed by atoms with E-state index in [0.29, 0.717) is 10.6 Å². The summed E-state index contributed by atoms with van der Waals surface area (Å²) in [5.74, 6) is -2.68. The lowest BCUT2D eigenvalue weighted by atomic mass is 9.85. The highest BCUT2D eigenvalue weighted by Crippen LogP contribution is 2.52. The van der Waals surface area contributed by atoms with Crippen molar-refractivity contribution in [1.29, 1.82) is 0 Å². The Morgan fingerprint density at radius 1 is 0.871 bits per heavy atom. The molecule has 0 spiro atoms. The summed E-state index contributed by atoms with van der Waals surface area (Å²) in [5.41, 5.74) is 0.640. The fourth-order valence-corrected chi connectivity index (χ4v) is 5.08. The van der Waals surface area contributed by atoms with Gasteiger partial charge >= 0.3 is 0 Å². The lowest BCUT2D eigenvalue weighted by Gasteiger charge is -2.30. The first-order valence-corrected chi connectivity index (χ1v) is 10.5. The number of carbonyl (C=O) groups excluding carboxylic acids is 4. The highest BCUT2D eigenvalue weighted by Gasteiger charge is 2.61. The van der Waals surface area contributed by atoms with Crippen LogP contribution in [0.25, 0.3) is 0 Å². The van der Waals surface area contributed by atoms with Gasteiger partial charge in [0, 0.05) is 16.1 Å². The standard InChI is InChI=1S/C24H19ClN2O4/c25-18-10-8-15(9-11-18)22(29)26(13-19(28)14-4-2-1-3-5-14)27-23(30)20-16-6-7-17(12-16)21(20)24(27)31/h1-11,16-17,20-21H,12-13H2/t16-,17-,20-,21+/m0/s1. The molecule has 0 unspecified atom stereocenters. The number of nitrogens with zero attached hydrogens (tertiary/aromatic N) is 2. The van der Waals surface area contributed by atoms with Crippen molar-refractivity contribution >= 4 is 35.1 Å². The van der Waals surface area contributed by atoms with Gasteiger partial charge in [0.05, 0.1) is 11.8 Å². The zero-order valence-corrected chi connectivity index (χ0v) is 17.2. The van der Waals surface area contributed by atoms with Gasteiger partial charge in [0.25, 0.3) is 17.7 Å². The van der Waals surface area contributed by atoms with Crippen LogP contribution in [0.1, 0.15) is 27.1 Å². The Hall–Kier alpha value is -3.25. The van der Waals surface area contributed by atoms with E-state index in [1.807, 2.05) is 12.2 Å².